The van der Waals surface area contributed by atoms with Gasteiger partial charge >= 0.3 is 0 Å². The molecule has 0 aliphatic heterocycles. The van der Waals surface area contributed by atoms with Crippen molar-refractivity contribution in [3.8, 4) is 11.8 Å². The van der Waals surface area contributed by atoms with Crippen LogP contribution < -0.4 is 10.1 Å². The van der Waals surface area contributed by atoms with E-state index in [4.69, 9.17) is 10.00 Å². The number of rotatable bonds is 5. The summed E-state index contributed by atoms with van der Waals surface area (Å²) in [5.74, 6) is 0.614. The minimum absolute atomic E-state index is 0.137. The summed E-state index contributed by atoms with van der Waals surface area (Å²) in [4.78, 5) is 12.0. The van der Waals surface area contributed by atoms with Gasteiger partial charge in [-0.3, -0.25) is 4.79 Å². The highest BCUT2D eigenvalue weighted by molar-refractivity contribution is 5.94. The van der Waals surface area contributed by atoms with Crippen molar-refractivity contribution in [1.82, 2.24) is 5.32 Å². The fourth-order valence-electron chi connectivity index (χ4n) is 1.85. The highest BCUT2D eigenvalue weighted by atomic mass is 16.5. The molecule has 2 rings (SSSR count). The van der Waals surface area contributed by atoms with Crippen LogP contribution in [0.5, 0.6) is 5.75 Å². The first-order valence-electron chi connectivity index (χ1n) is 6.73. The van der Waals surface area contributed by atoms with E-state index >= 15 is 0 Å². The molecule has 4 nitrogen and oxygen atoms in total. The second-order valence-electron chi connectivity index (χ2n) is 4.45. The van der Waals surface area contributed by atoms with Crippen molar-refractivity contribution >= 4 is 5.91 Å². The lowest BCUT2D eigenvalue weighted by Gasteiger charge is -2.07. The highest BCUT2D eigenvalue weighted by Gasteiger charge is 2.05. The number of carbonyl (C=O) groups excluding carboxylic acids is 1. The van der Waals surface area contributed by atoms with Crippen LogP contribution in [0.1, 0.15) is 28.4 Å². The summed E-state index contributed by atoms with van der Waals surface area (Å²) in [5, 5.41) is 11.6. The molecular formula is C17H16N2O2. The minimum atomic E-state index is -0.137. The fourth-order valence-corrected chi connectivity index (χ4v) is 1.85. The topological polar surface area (TPSA) is 62.1 Å². The van der Waals surface area contributed by atoms with E-state index in [0.29, 0.717) is 24.3 Å². The second-order valence-corrected chi connectivity index (χ2v) is 4.45. The maximum absolute atomic E-state index is 12.0. The van der Waals surface area contributed by atoms with E-state index < -0.39 is 0 Å². The summed E-state index contributed by atoms with van der Waals surface area (Å²) in [6.45, 7) is 2.94. The number of hydrogen-bond donors (Lipinski definition) is 1. The van der Waals surface area contributed by atoms with Gasteiger partial charge in [0.25, 0.3) is 5.91 Å². The number of ether oxygens (including phenoxy) is 1. The van der Waals surface area contributed by atoms with E-state index in [1.807, 2.05) is 19.1 Å². The summed E-state index contributed by atoms with van der Waals surface area (Å²) in [6.07, 6.45) is 0. The SMILES string of the molecule is CCOc1ccc(C(=O)NCc2ccc(C#N)cc2)cc1. The van der Waals surface area contributed by atoms with Gasteiger partial charge in [-0.1, -0.05) is 12.1 Å². The van der Waals surface area contributed by atoms with Gasteiger partial charge in [-0.25, -0.2) is 0 Å². The summed E-state index contributed by atoms with van der Waals surface area (Å²) >= 11 is 0. The number of nitrogens with one attached hydrogen (secondary N) is 1. The lowest BCUT2D eigenvalue weighted by atomic mass is 10.1. The molecule has 0 aliphatic carbocycles. The Morgan fingerprint density at radius 2 is 1.81 bits per heavy atom. The van der Waals surface area contributed by atoms with Crippen LogP contribution in [0, 0.1) is 11.3 Å². The van der Waals surface area contributed by atoms with E-state index in [0.717, 1.165) is 11.3 Å². The molecule has 0 radical (unpaired) electrons. The molecule has 106 valence electrons. The Morgan fingerprint density at radius 3 is 2.38 bits per heavy atom. The van der Waals surface area contributed by atoms with E-state index in [1.165, 1.54) is 0 Å². The molecule has 0 fully saturated rings. The Kier molecular flexibility index (Phi) is 4.94. The Hall–Kier alpha value is -2.80. The zero-order chi connectivity index (χ0) is 15.1. The molecule has 2 aromatic carbocycles. The molecule has 4 heteroatoms. The number of nitriles is 1. The molecular weight excluding hydrogens is 264 g/mol. The van der Waals surface area contributed by atoms with Crippen LogP contribution in [0.3, 0.4) is 0 Å². The quantitative estimate of drug-likeness (QED) is 0.916. The van der Waals surface area contributed by atoms with Crippen LogP contribution in [0.15, 0.2) is 48.5 Å². The maximum Gasteiger partial charge on any atom is 0.251 e. The summed E-state index contributed by atoms with van der Waals surface area (Å²) in [7, 11) is 0. The standard InChI is InChI=1S/C17H16N2O2/c1-2-21-16-9-7-15(8-10-16)17(20)19-12-14-5-3-13(11-18)4-6-14/h3-10H,2,12H2,1H3,(H,19,20). The number of benzene rings is 2. The van der Waals surface area contributed by atoms with Crippen molar-refractivity contribution in [2.24, 2.45) is 0 Å². The van der Waals surface area contributed by atoms with Gasteiger partial charge < -0.3 is 10.1 Å². The molecule has 0 heterocycles. The van der Waals surface area contributed by atoms with Gasteiger partial charge in [0.1, 0.15) is 5.75 Å². The van der Waals surface area contributed by atoms with Gasteiger partial charge in [0, 0.05) is 12.1 Å². The van der Waals surface area contributed by atoms with Crippen LogP contribution in [-0.2, 0) is 6.54 Å². The predicted octanol–water partition coefficient (Wildman–Crippen LogP) is 2.89. The zero-order valence-electron chi connectivity index (χ0n) is 11.8. The van der Waals surface area contributed by atoms with E-state index in [1.54, 1.807) is 36.4 Å². The largest absolute Gasteiger partial charge is 0.494 e. The zero-order valence-corrected chi connectivity index (χ0v) is 11.8. The number of nitrogens with zero attached hydrogens (tertiary/aromatic N) is 1. The Labute approximate surface area is 124 Å². The van der Waals surface area contributed by atoms with E-state index in [-0.39, 0.29) is 5.91 Å². The molecule has 0 saturated heterocycles. The predicted molar refractivity (Wildman–Crippen MR) is 79.9 cm³/mol. The number of hydrogen-bond acceptors (Lipinski definition) is 3. The van der Waals surface area contributed by atoms with Gasteiger partial charge in [-0.15, -0.1) is 0 Å². The van der Waals surface area contributed by atoms with Gasteiger partial charge in [-0.05, 0) is 48.9 Å². The first kappa shape index (κ1) is 14.6. The molecule has 1 amide bonds. The lowest BCUT2D eigenvalue weighted by molar-refractivity contribution is 0.0951. The molecule has 0 spiro atoms. The summed E-state index contributed by atoms with van der Waals surface area (Å²) in [6, 6.07) is 16.2. The van der Waals surface area contributed by atoms with Gasteiger partial charge in [-0.2, -0.15) is 5.26 Å². The maximum atomic E-state index is 12.0. The van der Waals surface area contributed by atoms with Gasteiger partial charge in [0.05, 0.1) is 18.2 Å². The second kappa shape index (κ2) is 7.11. The van der Waals surface area contributed by atoms with Crippen molar-refractivity contribution in [2.45, 2.75) is 13.5 Å². The summed E-state index contributed by atoms with van der Waals surface area (Å²) in [5.41, 5.74) is 2.15. The first-order chi connectivity index (χ1) is 10.2. The average Bonchev–Trinajstić information content (AvgIpc) is 2.54. The molecule has 2 aromatic rings. The third kappa shape index (κ3) is 4.08. The molecule has 21 heavy (non-hydrogen) atoms. The third-order valence-corrected chi connectivity index (χ3v) is 2.96. The average molecular weight is 280 g/mol. The molecule has 0 bridgehead atoms. The normalized spacial score (nSPS) is 9.71. The Morgan fingerprint density at radius 1 is 1.14 bits per heavy atom. The monoisotopic (exact) mass is 280 g/mol. The third-order valence-electron chi connectivity index (χ3n) is 2.96. The molecule has 1 N–H and O–H groups in total. The Balaban J connectivity index is 1.93. The fraction of sp³-hybridized carbons (Fsp3) is 0.176. The molecule has 0 aliphatic rings. The summed E-state index contributed by atoms with van der Waals surface area (Å²) < 4.78 is 5.33. The van der Waals surface area contributed by atoms with Crippen molar-refractivity contribution in [3.05, 3.63) is 65.2 Å². The first-order valence-corrected chi connectivity index (χ1v) is 6.73. The molecule has 0 aromatic heterocycles. The van der Waals surface area contributed by atoms with Crippen LogP contribution in [-0.4, -0.2) is 12.5 Å². The smallest absolute Gasteiger partial charge is 0.251 e. The van der Waals surface area contributed by atoms with Crippen molar-refractivity contribution < 1.29 is 9.53 Å². The van der Waals surface area contributed by atoms with Crippen LogP contribution in [0.25, 0.3) is 0 Å². The molecule has 0 unspecified atom stereocenters. The van der Waals surface area contributed by atoms with E-state index in [2.05, 4.69) is 11.4 Å². The molecule has 0 atom stereocenters. The molecule has 0 saturated carbocycles. The van der Waals surface area contributed by atoms with Crippen LogP contribution in [0.4, 0.5) is 0 Å². The van der Waals surface area contributed by atoms with Gasteiger partial charge in [0.2, 0.25) is 0 Å². The number of carbonyl (C=O) groups is 1. The van der Waals surface area contributed by atoms with Crippen LogP contribution in [0.2, 0.25) is 0 Å². The van der Waals surface area contributed by atoms with Crippen LogP contribution >= 0.6 is 0 Å². The van der Waals surface area contributed by atoms with Crippen molar-refractivity contribution in [3.63, 3.8) is 0 Å². The van der Waals surface area contributed by atoms with Gasteiger partial charge in [0.15, 0.2) is 0 Å². The number of amides is 1. The van der Waals surface area contributed by atoms with E-state index in [9.17, 15) is 4.79 Å². The highest BCUT2D eigenvalue weighted by Crippen LogP contribution is 2.12. The van der Waals surface area contributed by atoms with Crippen molar-refractivity contribution in [2.75, 3.05) is 6.61 Å². The Bertz CT molecular complexity index is 640. The van der Waals surface area contributed by atoms with Crippen molar-refractivity contribution in [1.29, 1.82) is 5.26 Å². The minimum Gasteiger partial charge on any atom is -0.494 e. The lowest BCUT2D eigenvalue weighted by Crippen LogP contribution is -2.22.